The summed E-state index contributed by atoms with van der Waals surface area (Å²) >= 11 is 0. The Morgan fingerprint density at radius 1 is 1.03 bits per heavy atom. The van der Waals surface area contributed by atoms with Crippen molar-refractivity contribution >= 4 is 5.97 Å². The highest BCUT2D eigenvalue weighted by atomic mass is 19.1. The first-order valence-electron chi connectivity index (χ1n) is 12.5. The second-order valence-electron chi connectivity index (χ2n) is 9.84. The first kappa shape index (κ1) is 24.4. The SMILES string of the molecule is C=CC1CCC2CC(c3ccc(C(=O)Oc4ccc(CC/C=C/C)cc4F)c(F)c3)CCC2C1. The number of ether oxygens (including phenoxy) is 1. The number of aryl methyl sites for hydroxylation is 1. The Bertz CT molecular complexity index is 1060. The minimum Gasteiger partial charge on any atom is -0.420 e. The van der Waals surface area contributed by atoms with Crippen LogP contribution in [0.5, 0.6) is 5.75 Å². The minimum absolute atomic E-state index is 0.166. The van der Waals surface area contributed by atoms with Crippen LogP contribution in [-0.4, -0.2) is 5.97 Å². The maximum atomic E-state index is 14.9. The van der Waals surface area contributed by atoms with Crippen molar-refractivity contribution in [2.75, 3.05) is 0 Å². The number of allylic oxidation sites excluding steroid dienone is 3. The van der Waals surface area contributed by atoms with Gasteiger partial charge in [-0.2, -0.15) is 0 Å². The number of fused-ring (bicyclic) bond motifs is 1. The Labute approximate surface area is 201 Å². The molecule has 4 atom stereocenters. The number of hydrogen-bond acceptors (Lipinski definition) is 2. The highest BCUT2D eigenvalue weighted by molar-refractivity contribution is 5.91. The van der Waals surface area contributed by atoms with Gasteiger partial charge >= 0.3 is 5.97 Å². The summed E-state index contributed by atoms with van der Waals surface area (Å²) in [7, 11) is 0. The van der Waals surface area contributed by atoms with E-state index in [9.17, 15) is 13.6 Å². The monoisotopic (exact) mass is 464 g/mol. The van der Waals surface area contributed by atoms with Crippen molar-refractivity contribution in [1.29, 1.82) is 0 Å². The first-order valence-corrected chi connectivity index (χ1v) is 12.5. The molecule has 0 heterocycles. The lowest BCUT2D eigenvalue weighted by Gasteiger charge is -2.41. The zero-order chi connectivity index (χ0) is 24.1. The van der Waals surface area contributed by atoms with Crippen molar-refractivity contribution in [2.24, 2.45) is 17.8 Å². The van der Waals surface area contributed by atoms with Crippen molar-refractivity contribution in [2.45, 2.75) is 64.2 Å². The molecule has 4 unspecified atom stereocenters. The van der Waals surface area contributed by atoms with Gasteiger partial charge in [0.2, 0.25) is 0 Å². The maximum Gasteiger partial charge on any atom is 0.346 e. The Hall–Kier alpha value is -2.75. The van der Waals surface area contributed by atoms with Gasteiger partial charge in [-0.25, -0.2) is 13.6 Å². The highest BCUT2D eigenvalue weighted by Gasteiger charge is 2.35. The van der Waals surface area contributed by atoms with Gasteiger partial charge in [0.25, 0.3) is 0 Å². The molecule has 2 nitrogen and oxygen atoms in total. The second kappa shape index (κ2) is 11.1. The van der Waals surface area contributed by atoms with Crippen LogP contribution in [0.1, 0.15) is 79.3 Å². The van der Waals surface area contributed by atoms with Gasteiger partial charge in [0.05, 0.1) is 5.56 Å². The van der Waals surface area contributed by atoms with Gasteiger partial charge in [-0.1, -0.05) is 30.4 Å². The average molecular weight is 465 g/mol. The summed E-state index contributed by atoms with van der Waals surface area (Å²) in [6.45, 7) is 5.90. The number of hydrogen-bond donors (Lipinski definition) is 0. The van der Waals surface area contributed by atoms with Gasteiger partial charge in [0, 0.05) is 0 Å². The molecule has 4 heteroatoms. The zero-order valence-corrected chi connectivity index (χ0v) is 19.9. The van der Waals surface area contributed by atoms with E-state index in [4.69, 9.17) is 4.74 Å². The van der Waals surface area contributed by atoms with Gasteiger partial charge in [0.1, 0.15) is 5.82 Å². The van der Waals surface area contributed by atoms with Crippen LogP contribution >= 0.6 is 0 Å². The number of benzene rings is 2. The lowest BCUT2D eigenvalue weighted by atomic mass is 9.64. The molecule has 2 fully saturated rings. The number of esters is 1. The first-order chi connectivity index (χ1) is 16.5. The largest absolute Gasteiger partial charge is 0.420 e. The molecular weight excluding hydrogens is 430 g/mol. The molecule has 4 rings (SSSR count). The third kappa shape index (κ3) is 5.65. The lowest BCUT2D eigenvalue weighted by molar-refractivity contribution is 0.0723. The quantitative estimate of drug-likeness (QED) is 0.235. The summed E-state index contributed by atoms with van der Waals surface area (Å²) in [5.74, 6) is 0.0963. The van der Waals surface area contributed by atoms with Gasteiger partial charge in [-0.05, 0) is 117 Å². The molecule has 2 aliphatic rings. The van der Waals surface area contributed by atoms with E-state index in [1.165, 1.54) is 43.5 Å². The van der Waals surface area contributed by atoms with E-state index in [0.717, 1.165) is 42.7 Å². The number of halogens is 2. The molecule has 0 radical (unpaired) electrons. The van der Waals surface area contributed by atoms with Crippen LogP contribution in [0.2, 0.25) is 0 Å². The Morgan fingerprint density at radius 3 is 2.56 bits per heavy atom. The second-order valence-corrected chi connectivity index (χ2v) is 9.84. The van der Waals surface area contributed by atoms with Crippen LogP contribution < -0.4 is 4.74 Å². The third-order valence-electron chi connectivity index (χ3n) is 7.71. The maximum absolute atomic E-state index is 14.9. The molecule has 34 heavy (non-hydrogen) atoms. The van der Waals surface area contributed by atoms with Gasteiger partial charge in [0.15, 0.2) is 11.6 Å². The van der Waals surface area contributed by atoms with E-state index in [1.54, 1.807) is 6.07 Å². The van der Waals surface area contributed by atoms with Crippen LogP contribution in [0, 0.1) is 29.4 Å². The van der Waals surface area contributed by atoms with Crippen molar-refractivity contribution in [3.63, 3.8) is 0 Å². The molecule has 0 spiro atoms. The lowest BCUT2D eigenvalue weighted by Crippen LogP contribution is -2.30. The van der Waals surface area contributed by atoms with Crippen LogP contribution in [0.4, 0.5) is 8.78 Å². The van der Waals surface area contributed by atoms with Crippen molar-refractivity contribution in [1.82, 2.24) is 0 Å². The molecule has 2 saturated carbocycles. The Morgan fingerprint density at radius 2 is 1.82 bits per heavy atom. The molecule has 0 saturated heterocycles. The van der Waals surface area contributed by atoms with Crippen molar-refractivity contribution < 1.29 is 18.3 Å². The summed E-state index contributed by atoms with van der Waals surface area (Å²) < 4.78 is 34.5. The number of carbonyl (C=O) groups excluding carboxylic acids is 1. The van der Waals surface area contributed by atoms with E-state index < -0.39 is 17.6 Å². The summed E-state index contributed by atoms with van der Waals surface area (Å²) in [5, 5.41) is 0. The number of carbonyl (C=O) groups is 1. The number of rotatable bonds is 7. The highest BCUT2D eigenvalue weighted by Crippen LogP contribution is 2.47. The fourth-order valence-electron chi connectivity index (χ4n) is 5.75. The van der Waals surface area contributed by atoms with Crippen molar-refractivity contribution in [3.05, 3.63) is 89.5 Å². The minimum atomic E-state index is -0.879. The van der Waals surface area contributed by atoms with E-state index in [0.29, 0.717) is 24.2 Å². The predicted octanol–water partition coefficient (Wildman–Crippen LogP) is 8.18. The standard InChI is InChI=1S/C30H34F2O2/c1-3-5-6-7-21-9-15-29(28(32)17-21)34-30(33)26-14-13-25(19-27(26)31)24-12-11-22-16-20(4-2)8-10-23(22)18-24/h3-5,9,13-15,17,19-20,22-24H,2,6-8,10-12,16,18H2,1H3/b5-3+. The van der Waals surface area contributed by atoms with Crippen LogP contribution in [0.25, 0.3) is 0 Å². The molecule has 180 valence electrons. The molecule has 0 amide bonds. The Balaban J connectivity index is 1.39. The molecule has 2 aromatic rings. The summed E-state index contributed by atoms with van der Waals surface area (Å²) in [5.41, 5.74) is 1.59. The zero-order valence-electron chi connectivity index (χ0n) is 19.9. The van der Waals surface area contributed by atoms with Crippen LogP contribution in [0.3, 0.4) is 0 Å². The normalized spacial score (nSPS) is 24.6. The van der Waals surface area contributed by atoms with E-state index in [1.807, 2.05) is 25.1 Å². The fraction of sp³-hybridized carbons (Fsp3) is 0.433. The van der Waals surface area contributed by atoms with Crippen molar-refractivity contribution in [3.8, 4) is 5.75 Å². The van der Waals surface area contributed by atoms with Gasteiger partial charge < -0.3 is 4.74 Å². The van der Waals surface area contributed by atoms with E-state index in [2.05, 4.69) is 12.7 Å². The molecule has 0 aromatic heterocycles. The molecule has 2 aliphatic carbocycles. The summed E-state index contributed by atoms with van der Waals surface area (Å²) in [6.07, 6.45) is 14.5. The molecule has 0 bridgehead atoms. The molecule has 0 aliphatic heterocycles. The topological polar surface area (TPSA) is 26.3 Å². The third-order valence-corrected chi connectivity index (χ3v) is 7.71. The molecular formula is C30H34F2O2. The molecule has 0 N–H and O–H groups in total. The smallest absolute Gasteiger partial charge is 0.346 e. The average Bonchev–Trinajstić information content (AvgIpc) is 2.85. The molecule has 2 aromatic carbocycles. The van der Waals surface area contributed by atoms with E-state index >= 15 is 0 Å². The van der Waals surface area contributed by atoms with Crippen LogP contribution in [0.15, 0.2) is 61.2 Å². The predicted molar refractivity (Wildman–Crippen MR) is 132 cm³/mol. The van der Waals surface area contributed by atoms with Gasteiger partial charge in [-0.15, -0.1) is 6.58 Å². The Kier molecular flexibility index (Phi) is 7.97. The van der Waals surface area contributed by atoms with E-state index in [-0.39, 0.29) is 11.3 Å². The van der Waals surface area contributed by atoms with Crippen LogP contribution in [-0.2, 0) is 6.42 Å². The summed E-state index contributed by atoms with van der Waals surface area (Å²) in [4.78, 5) is 12.6. The van der Waals surface area contributed by atoms with Gasteiger partial charge in [-0.3, -0.25) is 0 Å². The fourth-order valence-corrected chi connectivity index (χ4v) is 5.75. The summed E-state index contributed by atoms with van der Waals surface area (Å²) in [6, 6.07) is 9.32.